The maximum absolute atomic E-state index is 12.5. The minimum atomic E-state index is 0.294. The van der Waals surface area contributed by atoms with E-state index in [-0.39, 0.29) is 0 Å². The molecule has 1 aromatic rings. The van der Waals surface area contributed by atoms with Crippen molar-refractivity contribution in [3.05, 3.63) is 28.2 Å². The number of amides is 1. The first-order chi connectivity index (χ1) is 13.1. The Morgan fingerprint density at radius 2 is 1.48 bits per heavy atom. The molecule has 1 amide bonds. The van der Waals surface area contributed by atoms with E-state index >= 15 is 0 Å². The van der Waals surface area contributed by atoms with Gasteiger partial charge in [-0.1, -0.05) is 42.1 Å². The Bertz CT molecular complexity index is 593. The molecule has 3 rings (SSSR count). The van der Waals surface area contributed by atoms with Crippen LogP contribution in [0.4, 0.5) is 0 Å². The molecule has 2 aliphatic rings. The highest BCUT2D eigenvalue weighted by Crippen LogP contribution is 2.32. The third kappa shape index (κ3) is 6.24. The number of ether oxygens (including phenoxy) is 1. The first-order valence-electron chi connectivity index (χ1n) is 9.93. The van der Waals surface area contributed by atoms with E-state index in [0.29, 0.717) is 34.9 Å². The third-order valence-electron chi connectivity index (χ3n) is 5.36. The molecular weight excluding hydrogens is 385 g/mol. The smallest absolute Gasteiger partial charge is 0.236 e. The predicted octanol–water partition coefficient (Wildman–Crippen LogP) is 3.39. The van der Waals surface area contributed by atoms with Crippen LogP contribution in [0.15, 0.2) is 18.2 Å². The Balaban J connectivity index is 1.35. The van der Waals surface area contributed by atoms with E-state index < -0.39 is 0 Å². The number of carbonyl (C=O) groups is 1. The van der Waals surface area contributed by atoms with Gasteiger partial charge in [0, 0.05) is 45.8 Å². The second-order valence-electron chi connectivity index (χ2n) is 7.31. The molecule has 0 spiro atoms. The van der Waals surface area contributed by atoms with Crippen molar-refractivity contribution in [2.45, 2.75) is 25.7 Å². The summed E-state index contributed by atoms with van der Waals surface area (Å²) in [6.07, 6.45) is 4.80. The third-order valence-corrected chi connectivity index (χ3v) is 5.95. The summed E-state index contributed by atoms with van der Waals surface area (Å²) in [7, 11) is 0. The van der Waals surface area contributed by atoms with E-state index in [0.717, 1.165) is 58.7 Å². The van der Waals surface area contributed by atoms with Gasteiger partial charge in [-0.25, -0.2) is 0 Å². The summed E-state index contributed by atoms with van der Waals surface area (Å²) in [6, 6.07) is 5.37. The standard InChI is InChI=1S/C20H29Cl2N3O2/c21-17-6-5-7-18(22)20(17)27-15-14-23-10-12-24(13-11-23)16-19(26)25-8-3-1-2-4-9-25/h5-7H,1-4,8-16H2. The van der Waals surface area contributed by atoms with Gasteiger partial charge in [-0.05, 0) is 25.0 Å². The summed E-state index contributed by atoms with van der Waals surface area (Å²) in [5.74, 6) is 0.851. The summed E-state index contributed by atoms with van der Waals surface area (Å²) in [4.78, 5) is 19.2. The molecule has 0 bridgehead atoms. The van der Waals surface area contributed by atoms with Crippen LogP contribution in [0.3, 0.4) is 0 Å². The Morgan fingerprint density at radius 1 is 0.889 bits per heavy atom. The number of carbonyl (C=O) groups excluding carboxylic acids is 1. The molecule has 150 valence electrons. The molecule has 2 saturated heterocycles. The van der Waals surface area contributed by atoms with Crippen LogP contribution in [0.5, 0.6) is 5.75 Å². The lowest BCUT2D eigenvalue weighted by Crippen LogP contribution is -2.50. The largest absolute Gasteiger partial charge is 0.489 e. The van der Waals surface area contributed by atoms with Gasteiger partial charge < -0.3 is 9.64 Å². The lowest BCUT2D eigenvalue weighted by atomic mass is 10.2. The lowest BCUT2D eigenvalue weighted by Gasteiger charge is -2.35. The van der Waals surface area contributed by atoms with Gasteiger partial charge >= 0.3 is 0 Å². The Labute approximate surface area is 172 Å². The average molecular weight is 414 g/mol. The van der Waals surface area contributed by atoms with Crippen LogP contribution in [-0.2, 0) is 4.79 Å². The molecule has 2 aliphatic heterocycles. The van der Waals surface area contributed by atoms with Gasteiger partial charge in [0.05, 0.1) is 16.6 Å². The van der Waals surface area contributed by atoms with Crippen molar-refractivity contribution in [1.29, 1.82) is 0 Å². The minimum Gasteiger partial charge on any atom is -0.489 e. The number of hydrogen-bond donors (Lipinski definition) is 0. The fourth-order valence-corrected chi connectivity index (χ4v) is 4.19. The van der Waals surface area contributed by atoms with Crippen molar-refractivity contribution < 1.29 is 9.53 Å². The molecule has 27 heavy (non-hydrogen) atoms. The molecule has 2 fully saturated rings. The number of benzene rings is 1. The first kappa shape index (κ1) is 20.7. The van der Waals surface area contributed by atoms with E-state index in [2.05, 4.69) is 14.7 Å². The Morgan fingerprint density at radius 3 is 2.11 bits per heavy atom. The molecule has 0 N–H and O–H groups in total. The van der Waals surface area contributed by atoms with Gasteiger partial charge in [-0.2, -0.15) is 0 Å². The van der Waals surface area contributed by atoms with E-state index in [1.165, 1.54) is 12.8 Å². The Hall–Kier alpha value is -1.01. The molecule has 2 heterocycles. The molecule has 0 atom stereocenters. The normalized spacial score (nSPS) is 19.7. The van der Waals surface area contributed by atoms with Gasteiger partial charge in [-0.15, -0.1) is 0 Å². The van der Waals surface area contributed by atoms with E-state index in [9.17, 15) is 4.79 Å². The fraction of sp³-hybridized carbons (Fsp3) is 0.650. The zero-order valence-corrected chi connectivity index (χ0v) is 17.4. The van der Waals surface area contributed by atoms with Gasteiger partial charge in [0.25, 0.3) is 0 Å². The van der Waals surface area contributed by atoms with Crippen molar-refractivity contribution in [2.24, 2.45) is 0 Å². The number of halogens is 2. The van der Waals surface area contributed by atoms with Crippen molar-refractivity contribution in [3.63, 3.8) is 0 Å². The van der Waals surface area contributed by atoms with Gasteiger partial charge in [0.1, 0.15) is 6.61 Å². The highest BCUT2D eigenvalue weighted by Gasteiger charge is 2.22. The topological polar surface area (TPSA) is 36.0 Å². The van der Waals surface area contributed by atoms with Crippen LogP contribution in [-0.4, -0.2) is 79.6 Å². The number of nitrogens with zero attached hydrogens (tertiary/aromatic N) is 3. The SMILES string of the molecule is O=C(CN1CCN(CCOc2c(Cl)cccc2Cl)CC1)N1CCCCCC1. The summed E-state index contributed by atoms with van der Waals surface area (Å²) in [5, 5.41) is 1.08. The van der Waals surface area contributed by atoms with Crippen LogP contribution < -0.4 is 4.74 Å². The molecular formula is C20H29Cl2N3O2. The monoisotopic (exact) mass is 413 g/mol. The molecule has 0 aromatic heterocycles. The van der Waals surface area contributed by atoms with Crippen LogP contribution in [0.25, 0.3) is 0 Å². The van der Waals surface area contributed by atoms with E-state index in [4.69, 9.17) is 27.9 Å². The number of piperazine rings is 1. The molecule has 7 heteroatoms. The Kier molecular flexibility index (Phi) is 8.07. The lowest BCUT2D eigenvalue weighted by molar-refractivity contribution is -0.132. The molecule has 5 nitrogen and oxygen atoms in total. The van der Waals surface area contributed by atoms with E-state index in [1.807, 2.05) is 6.07 Å². The summed E-state index contributed by atoms with van der Waals surface area (Å²) in [6.45, 7) is 7.55. The average Bonchev–Trinajstić information content (AvgIpc) is 2.95. The zero-order valence-electron chi connectivity index (χ0n) is 15.8. The number of rotatable bonds is 6. The highest BCUT2D eigenvalue weighted by atomic mass is 35.5. The minimum absolute atomic E-state index is 0.294. The maximum atomic E-state index is 12.5. The molecule has 1 aromatic carbocycles. The summed E-state index contributed by atoms with van der Waals surface area (Å²) < 4.78 is 5.77. The second kappa shape index (κ2) is 10.5. The van der Waals surface area contributed by atoms with Crippen molar-refractivity contribution in [3.8, 4) is 5.75 Å². The van der Waals surface area contributed by atoms with Gasteiger partial charge in [0.15, 0.2) is 5.75 Å². The number of hydrogen-bond acceptors (Lipinski definition) is 4. The molecule has 0 saturated carbocycles. The summed E-state index contributed by atoms with van der Waals surface area (Å²) in [5.41, 5.74) is 0. The zero-order chi connectivity index (χ0) is 19.1. The number of para-hydroxylation sites is 1. The van der Waals surface area contributed by atoms with Gasteiger partial charge in [-0.3, -0.25) is 14.6 Å². The number of likely N-dealkylation sites (tertiary alicyclic amines) is 1. The van der Waals surface area contributed by atoms with Crippen LogP contribution in [0.1, 0.15) is 25.7 Å². The van der Waals surface area contributed by atoms with Crippen molar-refractivity contribution >= 4 is 29.1 Å². The molecule has 0 unspecified atom stereocenters. The molecule has 0 radical (unpaired) electrons. The fourth-order valence-electron chi connectivity index (χ4n) is 3.68. The molecule has 0 aliphatic carbocycles. The van der Waals surface area contributed by atoms with Gasteiger partial charge in [0.2, 0.25) is 5.91 Å². The van der Waals surface area contributed by atoms with E-state index in [1.54, 1.807) is 12.1 Å². The highest BCUT2D eigenvalue weighted by molar-refractivity contribution is 6.37. The quantitative estimate of drug-likeness (QED) is 0.715. The van der Waals surface area contributed by atoms with Crippen LogP contribution in [0, 0.1) is 0 Å². The second-order valence-corrected chi connectivity index (χ2v) is 8.13. The summed E-state index contributed by atoms with van der Waals surface area (Å²) >= 11 is 12.3. The van der Waals surface area contributed by atoms with Crippen LogP contribution >= 0.6 is 23.2 Å². The van der Waals surface area contributed by atoms with Crippen LogP contribution in [0.2, 0.25) is 10.0 Å². The predicted molar refractivity (Wildman–Crippen MR) is 110 cm³/mol. The van der Waals surface area contributed by atoms with Crippen molar-refractivity contribution in [1.82, 2.24) is 14.7 Å². The maximum Gasteiger partial charge on any atom is 0.236 e. The van der Waals surface area contributed by atoms with Crippen molar-refractivity contribution in [2.75, 3.05) is 59.0 Å². The first-order valence-corrected chi connectivity index (χ1v) is 10.7.